The Labute approximate surface area is 538 Å². The molecule has 0 saturated carbocycles. The quantitative estimate of drug-likeness (QED) is 0.148. The van der Waals surface area contributed by atoms with Crippen LogP contribution in [0, 0.1) is 0 Å². The van der Waals surface area contributed by atoms with Crippen molar-refractivity contribution in [1.29, 1.82) is 0 Å². The molecule has 1 aliphatic heterocycles. The molecule has 12 heteroatoms. The van der Waals surface area contributed by atoms with Crippen LogP contribution in [-0.2, 0) is 95.2 Å². The Hall–Kier alpha value is -5.46. The first kappa shape index (κ1) is 68.0. The number of rotatable bonds is 0. The fraction of sp³-hybridized carbons (Fsp3) is 0.541. The maximum absolute atomic E-state index is 5.26. The molecule has 4 aromatic carbocycles. The second kappa shape index (κ2) is 24.1. The number of aromatic nitrogens is 10. The number of H-pyrrole nitrogens is 2. The zero-order valence-corrected chi connectivity index (χ0v) is 60.2. The summed E-state index contributed by atoms with van der Waals surface area (Å²) in [5.41, 5.74) is 20.0. The highest BCUT2D eigenvalue weighted by Gasteiger charge is 2.41. The van der Waals surface area contributed by atoms with Crippen LogP contribution >= 0.6 is 0 Å². The van der Waals surface area contributed by atoms with Gasteiger partial charge in [0.1, 0.15) is 37.8 Å². The molecule has 0 saturated heterocycles. The predicted molar refractivity (Wildman–Crippen MR) is 345 cm³/mol. The van der Waals surface area contributed by atoms with Gasteiger partial charge < -0.3 is 34.0 Å². The van der Waals surface area contributed by atoms with Crippen molar-refractivity contribution < 1.29 is 43.1 Å². The van der Waals surface area contributed by atoms with Gasteiger partial charge in [0.05, 0.1) is 0 Å². The predicted octanol–water partition coefficient (Wildman–Crippen LogP) is 9.36. The molecule has 464 valence electrons. The van der Waals surface area contributed by atoms with E-state index in [1.807, 2.05) is 0 Å². The number of benzene rings is 4. The maximum atomic E-state index is 5.26. The molecule has 0 unspecified atom stereocenters. The molecule has 0 aliphatic carbocycles. The van der Waals surface area contributed by atoms with Crippen molar-refractivity contribution in [2.75, 3.05) is 0 Å². The van der Waals surface area contributed by atoms with Gasteiger partial charge >= 0.3 is 0 Å². The second-order valence-corrected chi connectivity index (χ2v) is 33.4. The van der Waals surface area contributed by atoms with Crippen LogP contribution in [0.1, 0.15) is 279 Å². The molecule has 5 heterocycles. The lowest BCUT2D eigenvalue weighted by Crippen LogP contribution is -3.00. The standard InChI is InChI=1S/C74H104N10.2BrH/c1-67(2,3)55-29-47-25-51(33-55)41-81-45-82(64(72(16,17)18)63(81)71(13,14)15)42-52-27-49(31-57(34-52)69(7,8)9)39-61-76-62(80-79-61)40-50-28-54(36-58(32-50)70(10,11)12)44-84-46-83(65(73(19,20)21)66(84)74(22,23)24)43-53-26-48(30-56(35-53)68(4,5)6)38-60-75-59(37-47)77-78-60;;/h25-36,45-46H,37-44H2,1-24H3,(H,75,77,78)(H,76,79,80);2*1H/q+2;;/p-2. The van der Waals surface area contributed by atoms with Gasteiger partial charge in [-0.3, -0.25) is 10.2 Å². The van der Waals surface area contributed by atoms with Crippen molar-refractivity contribution >= 4 is 0 Å². The normalized spacial score (nSPS) is 14.4. The average molecular weight is 1290 g/mol. The van der Waals surface area contributed by atoms with E-state index in [2.05, 4.69) is 280 Å². The van der Waals surface area contributed by atoms with Crippen molar-refractivity contribution in [2.45, 2.75) is 261 Å². The maximum Gasteiger partial charge on any atom is 0.244 e. The smallest absolute Gasteiger partial charge is 0.244 e. The Kier molecular flexibility index (Phi) is 19.1. The summed E-state index contributed by atoms with van der Waals surface area (Å²) >= 11 is 0. The molecular formula is C74H104Br2N10. The van der Waals surface area contributed by atoms with Crippen LogP contribution in [-0.4, -0.2) is 39.5 Å². The first-order valence-corrected chi connectivity index (χ1v) is 31.2. The highest BCUT2D eigenvalue weighted by atomic mass is 79.9. The van der Waals surface area contributed by atoms with Gasteiger partial charge in [-0.2, -0.15) is 10.2 Å². The van der Waals surface area contributed by atoms with Gasteiger partial charge in [-0.1, -0.05) is 239 Å². The molecule has 0 spiro atoms. The van der Waals surface area contributed by atoms with E-state index in [0.717, 1.165) is 49.5 Å². The molecule has 0 amide bonds. The Morgan fingerprint density at radius 3 is 0.872 bits per heavy atom. The summed E-state index contributed by atoms with van der Waals surface area (Å²) in [6, 6.07) is 28.9. The van der Waals surface area contributed by atoms with Gasteiger partial charge in [-0.05, 0) is 88.4 Å². The van der Waals surface area contributed by atoms with E-state index in [4.69, 9.17) is 20.2 Å². The second-order valence-electron chi connectivity index (χ2n) is 33.4. The van der Waals surface area contributed by atoms with Crippen LogP contribution in [0.5, 0.6) is 0 Å². The zero-order valence-electron chi connectivity index (χ0n) is 57.1. The van der Waals surface area contributed by atoms with Crippen LogP contribution < -0.4 is 43.1 Å². The average Bonchev–Trinajstić information content (AvgIpc) is 1.97. The van der Waals surface area contributed by atoms with Crippen molar-refractivity contribution in [1.82, 2.24) is 39.5 Å². The van der Waals surface area contributed by atoms with Gasteiger partial charge in [0.25, 0.3) is 0 Å². The summed E-state index contributed by atoms with van der Waals surface area (Å²) in [7, 11) is 0. The Bertz CT molecular complexity index is 3230. The number of fused-ring (bicyclic) bond motifs is 16. The number of nitrogens with one attached hydrogen (secondary N) is 2. The van der Waals surface area contributed by atoms with Gasteiger partial charge in [-0.15, -0.1) is 0 Å². The van der Waals surface area contributed by atoms with Gasteiger partial charge in [0.2, 0.25) is 12.7 Å². The van der Waals surface area contributed by atoms with E-state index >= 15 is 0 Å². The van der Waals surface area contributed by atoms with Crippen LogP contribution in [0.2, 0.25) is 0 Å². The fourth-order valence-corrected chi connectivity index (χ4v) is 12.8. The number of halogens is 2. The minimum atomic E-state index is -0.134. The van der Waals surface area contributed by atoms with E-state index in [0.29, 0.717) is 25.7 Å². The third-order valence-electron chi connectivity index (χ3n) is 16.7. The molecule has 0 radical (unpaired) electrons. The summed E-state index contributed by atoms with van der Waals surface area (Å²) < 4.78 is 10.2. The molecule has 4 aromatic heterocycles. The van der Waals surface area contributed by atoms with E-state index in [1.165, 1.54) is 89.5 Å². The third-order valence-corrected chi connectivity index (χ3v) is 16.7. The molecular weight excluding hydrogens is 1190 g/mol. The van der Waals surface area contributed by atoms with E-state index in [-0.39, 0.29) is 77.3 Å². The number of nitrogens with zero attached hydrogens (tertiary/aromatic N) is 8. The first-order chi connectivity index (χ1) is 38.5. The summed E-state index contributed by atoms with van der Waals surface area (Å²) in [5, 5.41) is 16.7. The van der Waals surface area contributed by atoms with Crippen molar-refractivity contribution in [2.24, 2.45) is 0 Å². The van der Waals surface area contributed by atoms with Crippen molar-refractivity contribution in [3.8, 4) is 0 Å². The lowest BCUT2D eigenvalue weighted by molar-refractivity contribution is -0.698. The van der Waals surface area contributed by atoms with Crippen molar-refractivity contribution in [3.05, 3.63) is 198 Å². The fourth-order valence-electron chi connectivity index (χ4n) is 12.8. The zero-order chi connectivity index (χ0) is 61.7. The molecule has 10 nitrogen and oxygen atoms in total. The number of hydrogen-bond donors (Lipinski definition) is 2. The number of imidazole rings is 2. The lowest BCUT2D eigenvalue weighted by atomic mass is 9.81. The minimum Gasteiger partial charge on any atom is -1.00 e. The molecule has 0 fully saturated rings. The molecule has 86 heavy (non-hydrogen) atoms. The van der Waals surface area contributed by atoms with Crippen LogP contribution in [0.3, 0.4) is 0 Å². The lowest BCUT2D eigenvalue weighted by Gasteiger charge is -2.25. The van der Waals surface area contributed by atoms with E-state index in [9.17, 15) is 0 Å². The third kappa shape index (κ3) is 15.9. The highest BCUT2D eigenvalue weighted by Crippen LogP contribution is 2.37. The summed E-state index contributed by atoms with van der Waals surface area (Å²) in [6.07, 6.45) is 7.39. The van der Waals surface area contributed by atoms with Crippen molar-refractivity contribution in [3.63, 3.8) is 0 Å². The molecule has 16 bridgehead atoms. The van der Waals surface area contributed by atoms with Gasteiger partial charge in [-0.25, -0.2) is 28.2 Å². The minimum absolute atomic E-state index is 0. The molecule has 2 N–H and O–H groups in total. The summed E-state index contributed by atoms with van der Waals surface area (Å²) in [6.45, 7) is 59.3. The highest BCUT2D eigenvalue weighted by molar-refractivity contribution is 5.41. The first-order valence-electron chi connectivity index (χ1n) is 31.2. The number of hydrogen-bond acceptors (Lipinski definition) is 4. The Morgan fingerprint density at radius 2 is 0.593 bits per heavy atom. The summed E-state index contributed by atoms with van der Waals surface area (Å²) in [4.78, 5) is 10.5. The molecule has 9 rings (SSSR count). The Morgan fingerprint density at radius 1 is 0.326 bits per heavy atom. The Balaban J connectivity index is 0.00000529. The van der Waals surface area contributed by atoms with Crippen LogP contribution in [0.15, 0.2) is 85.5 Å². The SMILES string of the molecule is CC(C)(C)c1cc2cc(c1)Cn1c[n+](c(C(C)(C)C)c1C(C)(C)C)Cc1cc(cc(C(C)(C)C)c1)Cc1nc(n[nH]1)Cc1cc(cc(C(C)(C)C)c1)C[n+]1cn(c(C(C)(C)C)c1C(C)(C)C)Cc1cc(cc(C(C)(C)C)c1)Cc1nc(n[nH]1)C2.[Br-].[Br-]. The van der Waals surface area contributed by atoms with Gasteiger partial charge in [0, 0.05) is 47.3 Å². The van der Waals surface area contributed by atoms with E-state index < -0.39 is 0 Å². The molecule has 0 atom stereocenters. The monoisotopic (exact) mass is 1290 g/mol. The van der Waals surface area contributed by atoms with Gasteiger partial charge in [0.15, 0.2) is 34.4 Å². The summed E-state index contributed by atoms with van der Waals surface area (Å²) in [5.74, 6) is 3.39. The van der Waals surface area contributed by atoms with Crippen LogP contribution in [0.4, 0.5) is 0 Å². The largest absolute Gasteiger partial charge is 1.00 e. The van der Waals surface area contributed by atoms with E-state index in [1.54, 1.807) is 0 Å². The molecule has 1 aliphatic rings. The van der Waals surface area contributed by atoms with Crippen LogP contribution in [0.25, 0.3) is 0 Å². The topological polar surface area (TPSA) is 101 Å². The molecule has 8 aromatic rings. The number of aromatic amines is 2.